The number of amides is 1. The molecule has 1 N–H and O–H groups in total. The minimum Gasteiger partial charge on any atom is -0.343 e. The Morgan fingerprint density at radius 3 is 2.77 bits per heavy atom. The van der Waals surface area contributed by atoms with Crippen LogP contribution in [0.25, 0.3) is 0 Å². The highest BCUT2D eigenvalue weighted by atomic mass is 16.2. The van der Waals surface area contributed by atoms with Crippen molar-refractivity contribution in [3.63, 3.8) is 0 Å². The summed E-state index contributed by atoms with van der Waals surface area (Å²) in [6.45, 7) is 2.46. The molecular weight excluding hydrogens is 166 g/mol. The molecule has 76 valence electrons. The number of nitrogens with one attached hydrogen (secondary N) is 1. The van der Waals surface area contributed by atoms with Crippen molar-refractivity contribution in [2.75, 3.05) is 40.8 Å². The molecule has 0 aromatic carbocycles. The van der Waals surface area contributed by atoms with Gasteiger partial charge in [-0.15, -0.1) is 0 Å². The van der Waals surface area contributed by atoms with Crippen molar-refractivity contribution >= 4 is 5.91 Å². The van der Waals surface area contributed by atoms with E-state index in [1.807, 2.05) is 7.05 Å². The monoisotopic (exact) mass is 185 g/mol. The zero-order valence-electron chi connectivity index (χ0n) is 8.71. The van der Waals surface area contributed by atoms with Gasteiger partial charge in [0, 0.05) is 19.6 Å². The van der Waals surface area contributed by atoms with Crippen molar-refractivity contribution in [1.82, 2.24) is 15.1 Å². The zero-order valence-corrected chi connectivity index (χ0v) is 8.71. The summed E-state index contributed by atoms with van der Waals surface area (Å²) in [7, 11) is 5.76. The number of likely N-dealkylation sites (tertiary alicyclic amines) is 1. The molecule has 1 aliphatic heterocycles. The van der Waals surface area contributed by atoms with E-state index >= 15 is 0 Å². The molecule has 0 saturated carbocycles. The van der Waals surface area contributed by atoms with Gasteiger partial charge < -0.3 is 15.1 Å². The van der Waals surface area contributed by atoms with E-state index in [1.165, 1.54) is 13.0 Å². The van der Waals surface area contributed by atoms with Crippen LogP contribution in [0.4, 0.5) is 0 Å². The van der Waals surface area contributed by atoms with Gasteiger partial charge in [-0.25, -0.2) is 0 Å². The van der Waals surface area contributed by atoms with Crippen LogP contribution in [-0.4, -0.2) is 62.5 Å². The van der Waals surface area contributed by atoms with Gasteiger partial charge in [-0.05, 0) is 27.1 Å². The first-order valence-corrected chi connectivity index (χ1v) is 4.74. The molecule has 0 radical (unpaired) electrons. The molecule has 0 aromatic rings. The van der Waals surface area contributed by atoms with Crippen molar-refractivity contribution in [3.05, 3.63) is 0 Å². The minimum atomic E-state index is 0.169. The molecule has 1 aliphatic rings. The molecule has 1 rings (SSSR count). The number of hydrogen-bond donors (Lipinski definition) is 1. The lowest BCUT2D eigenvalue weighted by Crippen LogP contribution is -2.52. The molecule has 0 spiro atoms. The number of carbonyl (C=O) groups excluding carboxylic acids is 1. The second-order valence-corrected chi connectivity index (χ2v) is 3.73. The Bertz CT molecular complexity index is 184. The Morgan fingerprint density at radius 1 is 1.69 bits per heavy atom. The highest BCUT2D eigenvalue weighted by Crippen LogP contribution is 2.14. The normalized spacial score (nSPS) is 22.5. The van der Waals surface area contributed by atoms with Gasteiger partial charge in [0.05, 0.1) is 6.54 Å². The number of nitrogens with zero attached hydrogens (tertiary/aromatic N) is 2. The van der Waals surface area contributed by atoms with Crippen molar-refractivity contribution in [2.24, 2.45) is 0 Å². The Hall–Kier alpha value is -0.610. The first-order valence-electron chi connectivity index (χ1n) is 4.74. The quantitative estimate of drug-likeness (QED) is 0.633. The fraction of sp³-hybridized carbons (Fsp3) is 0.889. The molecule has 1 saturated heterocycles. The SMILES string of the molecule is CNCC(=O)N(C)CC1CCN1C. The van der Waals surface area contributed by atoms with E-state index < -0.39 is 0 Å². The van der Waals surface area contributed by atoms with Gasteiger partial charge in [-0.1, -0.05) is 0 Å². The number of carbonyl (C=O) groups is 1. The Morgan fingerprint density at radius 2 is 2.38 bits per heavy atom. The van der Waals surface area contributed by atoms with Gasteiger partial charge in [-0.3, -0.25) is 4.79 Å². The van der Waals surface area contributed by atoms with E-state index in [0.717, 1.165) is 6.54 Å². The van der Waals surface area contributed by atoms with Gasteiger partial charge in [-0.2, -0.15) is 0 Å². The van der Waals surface area contributed by atoms with Crippen LogP contribution in [0.3, 0.4) is 0 Å². The standard InChI is InChI=1S/C9H19N3O/c1-10-6-9(13)12(3)7-8-4-5-11(8)2/h8,10H,4-7H2,1-3H3. The molecule has 1 heterocycles. The average molecular weight is 185 g/mol. The molecule has 13 heavy (non-hydrogen) atoms. The van der Waals surface area contributed by atoms with Crippen molar-refractivity contribution in [1.29, 1.82) is 0 Å². The molecular formula is C9H19N3O. The minimum absolute atomic E-state index is 0.169. The number of likely N-dealkylation sites (N-methyl/N-ethyl adjacent to an activating group) is 3. The maximum Gasteiger partial charge on any atom is 0.236 e. The van der Waals surface area contributed by atoms with Crippen LogP contribution in [0.5, 0.6) is 0 Å². The summed E-state index contributed by atoms with van der Waals surface area (Å²) in [5.74, 6) is 0.169. The molecule has 4 nitrogen and oxygen atoms in total. The third-order valence-corrected chi connectivity index (χ3v) is 2.68. The van der Waals surface area contributed by atoms with E-state index in [2.05, 4.69) is 17.3 Å². The molecule has 4 heteroatoms. The van der Waals surface area contributed by atoms with Gasteiger partial charge in [0.25, 0.3) is 0 Å². The molecule has 1 fully saturated rings. The van der Waals surface area contributed by atoms with E-state index in [9.17, 15) is 4.79 Å². The van der Waals surface area contributed by atoms with Gasteiger partial charge in [0.15, 0.2) is 0 Å². The maximum absolute atomic E-state index is 11.4. The maximum atomic E-state index is 11.4. The molecule has 0 aromatic heterocycles. The lowest BCUT2D eigenvalue weighted by molar-refractivity contribution is -0.130. The summed E-state index contributed by atoms with van der Waals surface area (Å²) < 4.78 is 0. The Balaban J connectivity index is 2.23. The van der Waals surface area contributed by atoms with Gasteiger partial charge in [0.1, 0.15) is 0 Å². The third kappa shape index (κ3) is 2.67. The zero-order chi connectivity index (χ0) is 9.84. The molecule has 1 amide bonds. The largest absolute Gasteiger partial charge is 0.343 e. The van der Waals surface area contributed by atoms with Crippen molar-refractivity contribution in [2.45, 2.75) is 12.5 Å². The number of hydrogen-bond acceptors (Lipinski definition) is 3. The van der Waals surface area contributed by atoms with Crippen molar-refractivity contribution < 1.29 is 4.79 Å². The summed E-state index contributed by atoms with van der Waals surface area (Å²) in [6, 6.07) is 0.575. The summed E-state index contributed by atoms with van der Waals surface area (Å²) in [5, 5.41) is 2.86. The van der Waals surface area contributed by atoms with Gasteiger partial charge in [0.2, 0.25) is 5.91 Å². The summed E-state index contributed by atoms with van der Waals surface area (Å²) in [4.78, 5) is 15.5. The summed E-state index contributed by atoms with van der Waals surface area (Å²) in [6.07, 6.45) is 1.22. The van der Waals surface area contributed by atoms with E-state index in [1.54, 1.807) is 11.9 Å². The summed E-state index contributed by atoms with van der Waals surface area (Å²) in [5.41, 5.74) is 0. The fourth-order valence-electron chi connectivity index (χ4n) is 1.50. The Labute approximate surface area is 79.9 Å². The van der Waals surface area contributed by atoms with E-state index in [4.69, 9.17) is 0 Å². The molecule has 1 unspecified atom stereocenters. The van der Waals surface area contributed by atoms with Crippen LogP contribution in [0.15, 0.2) is 0 Å². The predicted molar refractivity (Wildman–Crippen MR) is 52.6 cm³/mol. The summed E-state index contributed by atoms with van der Waals surface area (Å²) >= 11 is 0. The van der Waals surface area contributed by atoms with Crippen LogP contribution in [0, 0.1) is 0 Å². The lowest BCUT2D eigenvalue weighted by Gasteiger charge is -2.40. The second-order valence-electron chi connectivity index (χ2n) is 3.73. The highest BCUT2D eigenvalue weighted by Gasteiger charge is 2.26. The van der Waals surface area contributed by atoms with Crippen LogP contribution >= 0.6 is 0 Å². The third-order valence-electron chi connectivity index (χ3n) is 2.68. The smallest absolute Gasteiger partial charge is 0.236 e. The average Bonchev–Trinajstić information content (AvgIpc) is 2.11. The molecule has 1 atom stereocenters. The fourth-order valence-corrected chi connectivity index (χ4v) is 1.50. The van der Waals surface area contributed by atoms with E-state index in [-0.39, 0.29) is 5.91 Å². The first kappa shape index (κ1) is 10.5. The Kier molecular flexibility index (Phi) is 3.69. The topological polar surface area (TPSA) is 35.6 Å². The van der Waals surface area contributed by atoms with E-state index in [0.29, 0.717) is 12.6 Å². The van der Waals surface area contributed by atoms with Crippen LogP contribution in [-0.2, 0) is 4.79 Å². The van der Waals surface area contributed by atoms with Crippen LogP contribution in [0.1, 0.15) is 6.42 Å². The molecule has 0 bridgehead atoms. The van der Waals surface area contributed by atoms with Gasteiger partial charge >= 0.3 is 0 Å². The van der Waals surface area contributed by atoms with Crippen LogP contribution in [0.2, 0.25) is 0 Å². The highest BCUT2D eigenvalue weighted by molar-refractivity contribution is 5.77. The van der Waals surface area contributed by atoms with Crippen molar-refractivity contribution in [3.8, 4) is 0 Å². The molecule has 0 aliphatic carbocycles. The second kappa shape index (κ2) is 4.58. The first-order chi connectivity index (χ1) is 6.15. The number of rotatable bonds is 4. The van der Waals surface area contributed by atoms with Crippen LogP contribution < -0.4 is 5.32 Å². The lowest BCUT2D eigenvalue weighted by atomic mass is 10.0. The predicted octanol–water partition coefficient (Wildman–Crippen LogP) is -0.632.